The zero-order chi connectivity index (χ0) is 11.7. The van der Waals surface area contributed by atoms with Gasteiger partial charge in [-0.15, -0.1) is 0 Å². The van der Waals surface area contributed by atoms with E-state index >= 15 is 0 Å². The van der Waals surface area contributed by atoms with Gasteiger partial charge in [0.2, 0.25) is 0 Å². The van der Waals surface area contributed by atoms with Crippen LogP contribution in [-0.4, -0.2) is 25.1 Å². The lowest BCUT2D eigenvalue weighted by Gasteiger charge is -2.10. The number of aromatic nitrogens is 5. The number of nitrogens with zero attached hydrogens (tertiary/aromatic N) is 3. The van der Waals surface area contributed by atoms with E-state index in [1.807, 2.05) is 6.07 Å². The van der Waals surface area contributed by atoms with Gasteiger partial charge in [0.15, 0.2) is 11.6 Å². The molecule has 88 valence electrons. The van der Waals surface area contributed by atoms with E-state index in [0.29, 0.717) is 22.2 Å². The number of nitrogens with one attached hydrogen (secondary N) is 2. The third kappa shape index (κ3) is 2.12. The van der Waals surface area contributed by atoms with Crippen LogP contribution in [0.4, 0.5) is 0 Å². The van der Waals surface area contributed by atoms with Gasteiger partial charge in [0.05, 0.1) is 0 Å². The van der Waals surface area contributed by atoms with Crippen LogP contribution in [0.1, 0.15) is 37.3 Å². The Labute approximate surface area is 104 Å². The van der Waals surface area contributed by atoms with Crippen molar-refractivity contribution in [2.75, 3.05) is 0 Å². The van der Waals surface area contributed by atoms with E-state index in [1.54, 1.807) is 0 Å². The molecule has 0 bridgehead atoms. The normalized spacial score (nSPS) is 16.5. The molecule has 0 unspecified atom stereocenters. The number of hydrogen-bond acceptors (Lipinski definition) is 4. The number of hydrogen-bond donors (Lipinski definition) is 2. The molecule has 5 nitrogen and oxygen atoms in total. The Morgan fingerprint density at radius 1 is 1.24 bits per heavy atom. The molecule has 0 saturated heterocycles. The van der Waals surface area contributed by atoms with E-state index in [9.17, 15) is 0 Å². The maximum atomic E-state index is 5.20. The molecule has 0 amide bonds. The van der Waals surface area contributed by atoms with E-state index in [0.717, 1.165) is 0 Å². The van der Waals surface area contributed by atoms with Crippen molar-refractivity contribution in [2.24, 2.45) is 0 Å². The molecular formula is C11H13N5S. The molecular weight excluding hydrogens is 234 g/mol. The molecule has 0 aromatic carbocycles. The third-order valence-corrected chi connectivity index (χ3v) is 3.41. The molecule has 3 rings (SSSR count). The Balaban J connectivity index is 2.03. The van der Waals surface area contributed by atoms with E-state index in [-0.39, 0.29) is 0 Å². The van der Waals surface area contributed by atoms with Crippen LogP contribution in [0.15, 0.2) is 12.4 Å². The van der Waals surface area contributed by atoms with Crippen molar-refractivity contribution < 1.29 is 0 Å². The quantitative estimate of drug-likeness (QED) is 0.800. The van der Waals surface area contributed by atoms with Gasteiger partial charge < -0.3 is 4.98 Å². The number of rotatable bonds is 2. The van der Waals surface area contributed by atoms with Crippen molar-refractivity contribution in [3.63, 3.8) is 0 Å². The monoisotopic (exact) mass is 247 g/mol. The Bertz CT molecular complexity index is 553. The standard InChI is InChI=1S/C11H13N5S/c17-9-5-8(7-3-1-2-4-7)14-11(15-9)10-12-6-13-16-10/h5-7H,1-4H2,(H,12,13,16)(H,14,15,17). The van der Waals surface area contributed by atoms with Gasteiger partial charge in [0.25, 0.3) is 0 Å². The molecule has 2 aromatic rings. The first-order chi connectivity index (χ1) is 8.33. The summed E-state index contributed by atoms with van der Waals surface area (Å²) < 4.78 is 0.608. The van der Waals surface area contributed by atoms with Crippen LogP contribution < -0.4 is 0 Å². The van der Waals surface area contributed by atoms with Gasteiger partial charge in [0.1, 0.15) is 11.0 Å². The second-order valence-corrected chi connectivity index (χ2v) is 4.76. The van der Waals surface area contributed by atoms with Crippen LogP contribution in [0.25, 0.3) is 11.6 Å². The lowest BCUT2D eigenvalue weighted by Crippen LogP contribution is -2.01. The topological polar surface area (TPSA) is 70.2 Å². The second-order valence-electron chi connectivity index (χ2n) is 4.34. The van der Waals surface area contributed by atoms with Crippen molar-refractivity contribution in [1.29, 1.82) is 0 Å². The van der Waals surface area contributed by atoms with Crippen LogP contribution in [0.5, 0.6) is 0 Å². The van der Waals surface area contributed by atoms with E-state index in [4.69, 9.17) is 12.2 Å². The van der Waals surface area contributed by atoms with Crippen LogP contribution in [0, 0.1) is 4.64 Å². The summed E-state index contributed by atoms with van der Waals surface area (Å²) in [6, 6.07) is 1.96. The van der Waals surface area contributed by atoms with Crippen molar-refractivity contribution in [3.05, 3.63) is 22.7 Å². The van der Waals surface area contributed by atoms with Gasteiger partial charge in [0, 0.05) is 5.69 Å². The average molecular weight is 247 g/mol. The minimum absolute atomic E-state index is 0.585. The number of aromatic amines is 2. The van der Waals surface area contributed by atoms with Gasteiger partial charge in [-0.25, -0.2) is 9.97 Å². The van der Waals surface area contributed by atoms with Crippen LogP contribution in [-0.2, 0) is 0 Å². The highest BCUT2D eigenvalue weighted by atomic mass is 32.1. The highest BCUT2D eigenvalue weighted by molar-refractivity contribution is 7.71. The smallest absolute Gasteiger partial charge is 0.191 e. The molecule has 1 aliphatic carbocycles. The molecule has 0 spiro atoms. The van der Waals surface area contributed by atoms with Crippen molar-refractivity contribution >= 4 is 12.2 Å². The van der Waals surface area contributed by atoms with E-state index in [1.165, 1.54) is 37.7 Å². The second kappa shape index (κ2) is 4.37. The molecule has 2 heterocycles. The summed E-state index contributed by atoms with van der Waals surface area (Å²) in [6.45, 7) is 0. The average Bonchev–Trinajstić information content (AvgIpc) is 3.02. The lowest BCUT2D eigenvalue weighted by molar-refractivity contribution is 0.694. The SMILES string of the molecule is S=c1cc(C2CCCC2)[nH]c(-c2ncn[nH]2)n1. The van der Waals surface area contributed by atoms with Crippen LogP contribution in [0.2, 0.25) is 0 Å². The predicted molar refractivity (Wildman–Crippen MR) is 66.0 cm³/mol. The molecule has 2 N–H and O–H groups in total. The van der Waals surface area contributed by atoms with Crippen molar-refractivity contribution in [3.8, 4) is 11.6 Å². The van der Waals surface area contributed by atoms with Gasteiger partial charge in [-0.1, -0.05) is 25.1 Å². The zero-order valence-corrected chi connectivity index (χ0v) is 10.1. The summed E-state index contributed by atoms with van der Waals surface area (Å²) in [7, 11) is 0. The van der Waals surface area contributed by atoms with Gasteiger partial charge in [-0.2, -0.15) is 5.10 Å². The summed E-state index contributed by atoms with van der Waals surface area (Å²) in [5.41, 5.74) is 1.17. The summed E-state index contributed by atoms with van der Waals surface area (Å²) >= 11 is 5.20. The largest absolute Gasteiger partial charge is 0.340 e. The van der Waals surface area contributed by atoms with E-state index < -0.39 is 0 Å². The summed E-state index contributed by atoms with van der Waals surface area (Å²) in [5.74, 6) is 1.90. The summed E-state index contributed by atoms with van der Waals surface area (Å²) in [4.78, 5) is 11.7. The van der Waals surface area contributed by atoms with Crippen LogP contribution in [0.3, 0.4) is 0 Å². The van der Waals surface area contributed by atoms with Crippen molar-refractivity contribution in [1.82, 2.24) is 25.1 Å². The fraction of sp³-hybridized carbons (Fsp3) is 0.455. The molecule has 6 heteroatoms. The fourth-order valence-electron chi connectivity index (χ4n) is 2.36. The Morgan fingerprint density at radius 2 is 2.06 bits per heavy atom. The van der Waals surface area contributed by atoms with Crippen molar-refractivity contribution in [2.45, 2.75) is 31.6 Å². The molecule has 0 atom stereocenters. The van der Waals surface area contributed by atoms with Gasteiger partial charge in [-0.05, 0) is 24.8 Å². The molecule has 0 radical (unpaired) electrons. The van der Waals surface area contributed by atoms with E-state index in [2.05, 4.69) is 25.1 Å². The number of H-pyrrole nitrogens is 2. The predicted octanol–water partition coefficient (Wildman–Crippen LogP) is 2.58. The first-order valence-corrected chi connectivity index (χ1v) is 6.21. The summed E-state index contributed by atoms with van der Waals surface area (Å²) in [6.07, 6.45) is 6.52. The minimum Gasteiger partial charge on any atom is -0.340 e. The first-order valence-electron chi connectivity index (χ1n) is 5.80. The Kier molecular flexibility index (Phi) is 2.72. The van der Waals surface area contributed by atoms with Gasteiger partial charge in [-0.3, -0.25) is 5.10 Å². The lowest BCUT2D eigenvalue weighted by atomic mass is 10.0. The zero-order valence-electron chi connectivity index (χ0n) is 9.31. The maximum absolute atomic E-state index is 5.20. The molecule has 0 aliphatic heterocycles. The maximum Gasteiger partial charge on any atom is 0.191 e. The highest BCUT2D eigenvalue weighted by Gasteiger charge is 2.18. The molecule has 17 heavy (non-hydrogen) atoms. The Hall–Kier alpha value is -1.56. The molecule has 1 saturated carbocycles. The van der Waals surface area contributed by atoms with Crippen LogP contribution >= 0.6 is 12.2 Å². The summed E-state index contributed by atoms with van der Waals surface area (Å²) in [5, 5.41) is 6.62. The molecule has 1 aliphatic rings. The Morgan fingerprint density at radius 3 is 2.76 bits per heavy atom. The minimum atomic E-state index is 0.585. The third-order valence-electron chi connectivity index (χ3n) is 3.20. The molecule has 1 fully saturated rings. The van der Waals surface area contributed by atoms with Gasteiger partial charge >= 0.3 is 0 Å². The highest BCUT2D eigenvalue weighted by Crippen LogP contribution is 2.33. The fourth-order valence-corrected chi connectivity index (χ4v) is 2.58. The molecule has 2 aromatic heterocycles. The first kappa shape index (κ1) is 10.6.